The predicted octanol–water partition coefficient (Wildman–Crippen LogP) is 3.75. The minimum atomic E-state index is 0.921. The van der Waals surface area contributed by atoms with Gasteiger partial charge in [-0.05, 0) is 49.7 Å². The standard InChI is InChI=1S/C15H19NO/c1-4-16-8-7-11(2)13-5-6-15-14(10-13)9-12(3)17-15/h5-7,9-10,16H,4,8H2,1-3H3/b11-7+. The van der Waals surface area contributed by atoms with E-state index in [4.69, 9.17) is 4.42 Å². The Labute approximate surface area is 102 Å². The Morgan fingerprint density at radius 3 is 2.94 bits per heavy atom. The van der Waals surface area contributed by atoms with Gasteiger partial charge in [0.1, 0.15) is 11.3 Å². The molecule has 0 aliphatic heterocycles. The smallest absolute Gasteiger partial charge is 0.134 e. The first-order chi connectivity index (χ1) is 8.20. The fourth-order valence-electron chi connectivity index (χ4n) is 1.91. The lowest BCUT2D eigenvalue weighted by atomic mass is 10.1. The maximum atomic E-state index is 5.57. The molecule has 0 atom stereocenters. The van der Waals surface area contributed by atoms with Gasteiger partial charge in [-0.2, -0.15) is 0 Å². The van der Waals surface area contributed by atoms with Crippen molar-refractivity contribution < 1.29 is 4.42 Å². The van der Waals surface area contributed by atoms with Crippen LogP contribution in [0.5, 0.6) is 0 Å². The third-order valence-electron chi connectivity index (χ3n) is 2.90. The monoisotopic (exact) mass is 229 g/mol. The summed E-state index contributed by atoms with van der Waals surface area (Å²) in [4.78, 5) is 0. The van der Waals surface area contributed by atoms with Crippen LogP contribution >= 0.6 is 0 Å². The molecule has 0 amide bonds. The van der Waals surface area contributed by atoms with Gasteiger partial charge in [0, 0.05) is 11.9 Å². The van der Waals surface area contributed by atoms with Gasteiger partial charge in [0.2, 0.25) is 0 Å². The molecule has 1 N–H and O–H groups in total. The molecule has 1 aromatic heterocycles. The minimum Gasteiger partial charge on any atom is -0.461 e. The van der Waals surface area contributed by atoms with E-state index < -0.39 is 0 Å². The van der Waals surface area contributed by atoms with E-state index in [1.165, 1.54) is 16.5 Å². The summed E-state index contributed by atoms with van der Waals surface area (Å²) in [6.45, 7) is 8.16. The molecule has 0 unspecified atom stereocenters. The molecule has 0 aliphatic carbocycles. The summed E-state index contributed by atoms with van der Waals surface area (Å²) in [5.74, 6) is 0.964. The molecule has 2 heteroatoms. The van der Waals surface area contributed by atoms with E-state index in [9.17, 15) is 0 Å². The highest BCUT2D eigenvalue weighted by atomic mass is 16.3. The van der Waals surface area contributed by atoms with Crippen LogP contribution < -0.4 is 5.32 Å². The number of hydrogen-bond donors (Lipinski definition) is 1. The molecule has 1 heterocycles. The summed E-state index contributed by atoms with van der Waals surface area (Å²) in [6, 6.07) is 8.42. The number of allylic oxidation sites excluding steroid dienone is 1. The highest BCUT2D eigenvalue weighted by Gasteiger charge is 2.02. The fourth-order valence-corrected chi connectivity index (χ4v) is 1.91. The average Bonchev–Trinajstić information content (AvgIpc) is 2.68. The average molecular weight is 229 g/mol. The highest BCUT2D eigenvalue weighted by Crippen LogP contribution is 2.23. The van der Waals surface area contributed by atoms with Gasteiger partial charge in [-0.1, -0.05) is 19.1 Å². The third kappa shape index (κ3) is 2.77. The van der Waals surface area contributed by atoms with Crippen molar-refractivity contribution in [3.05, 3.63) is 41.7 Å². The Balaban J connectivity index is 2.26. The van der Waals surface area contributed by atoms with Crippen molar-refractivity contribution in [1.29, 1.82) is 0 Å². The van der Waals surface area contributed by atoms with Crippen LogP contribution in [-0.2, 0) is 0 Å². The first kappa shape index (κ1) is 11.9. The summed E-state index contributed by atoms with van der Waals surface area (Å²) in [7, 11) is 0. The summed E-state index contributed by atoms with van der Waals surface area (Å²) in [6.07, 6.45) is 2.22. The number of aryl methyl sites for hydroxylation is 1. The molecule has 0 aliphatic rings. The Hall–Kier alpha value is -1.54. The van der Waals surface area contributed by atoms with Crippen molar-refractivity contribution in [1.82, 2.24) is 5.32 Å². The first-order valence-corrected chi connectivity index (χ1v) is 6.08. The van der Waals surface area contributed by atoms with Gasteiger partial charge in [-0.15, -0.1) is 0 Å². The van der Waals surface area contributed by atoms with E-state index in [2.05, 4.69) is 43.4 Å². The summed E-state index contributed by atoms with van der Waals surface area (Å²) in [5, 5.41) is 4.47. The largest absolute Gasteiger partial charge is 0.461 e. The molecule has 0 radical (unpaired) electrons. The number of benzene rings is 1. The van der Waals surface area contributed by atoms with Crippen molar-refractivity contribution in [2.75, 3.05) is 13.1 Å². The van der Waals surface area contributed by atoms with Crippen molar-refractivity contribution in [3.8, 4) is 0 Å². The molecule has 2 aromatic rings. The van der Waals surface area contributed by atoms with Gasteiger partial charge in [-0.3, -0.25) is 0 Å². The zero-order chi connectivity index (χ0) is 12.3. The molecule has 0 spiro atoms. The molecule has 0 fully saturated rings. The second kappa shape index (κ2) is 5.19. The van der Waals surface area contributed by atoms with E-state index in [1.807, 2.05) is 13.0 Å². The second-order valence-corrected chi connectivity index (χ2v) is 4.30. The van der Waals surface area contributed by atoms with Gasteiger partial charge in [0.25, 0.3) is 0 Å². The van der Waals surface area contributed by atoms with Gasteiger partial charge < -0.3 is 9.73 Å². The number of likely N-dealkylation sites (N-methyl/N-ethyl adjacent to an activating group) is 1. The lowest BCUT2D eigenvalue weighted by Gasteiger charge is -2.02. The molecular formula is C15H19NO. The van der Waals surface area contributed by atoms with Gasteiger partial charge in [-0.25, -0.2) is 0 Å². The summed E-state index contributed by atoms with van der Waals surface area (Å²) < 4.78 is 5.57. The molecule has 17 heavy (non-hydrogen) atoms. The lowest BCUT2D eigenvalue weighted by molar-refractivity contribution is 0.578. The Bertz CT molecular complexity index is 537. The SMILES string of the molecule is CCNC/C=C(\C)c1ccc2oc(C)cc2c1. The molecule has 0 saturated carbocycles. The minimum absolute atomic E-state index is 0.921. The van der Waals surface area contributed by atoms with Crippen molar-refractivity contribution in [3.63, 3.8) is 0 Å². The predicted molar refractivity (Wildman–Crippen MR) is 73.1 cm³/mol. The molecule has 90 valence electrons. The lowest BCUT2D eigenvalue weighted by Crippen LogP contribution is -2.11. The number of furan rings is 1. The molecule has 2 rings (SSSR count). The topological polar surface area (TPSA) is 25.2 Å². The van der Waals surface area contributed by atoms with Gasteiger partial charge in [0.05, 0.1) is 0 Å². The van der Waals surface area contributed by atoms with Gasteiger partial charge in [0.15, 0.2) is 0 Å². The number of hydrogen-bond acceptors (Lipinski definition) is 2. The van der Waals surface area contributed by atoms with E-state index in [1.54, 1.807) is 0 Å². The Kier molecular flexibility index (Phi) is 3.64. The van der Waals surface area contributed by atoms with E-state index in [0.717, 1.165) is 24.4 Å². The van der Waals surface area contributed by atoms with Crippen LogP contribution in [0, 0.1) is 6.92 Å². The zero-order valence-electron chi connectivity index (χ0n) is 10.7. The summed E-state index contributed by atoms with van der Waals surface area (Å²) in [5.41, 5.74) is 3.52. The second-order valence-electron chi connectivity index (χ2n) is 4.30. The van der Waals surface area contributed by atoms with Crippen LogP contribution in [-0.4, -0.2) is 13.1 Å². The van der Waals surface area contributed by atoms with Crippen LogP contribution in [0.1, 0.15) is 25.2 Å². The van der Waals surface area contributed by atoms with Crippen LogP contribution in [0.2, 0.25) is 0 Å². The fraction of sp³-hybridized carbons (Fsp3) is 0.333. The Morgan fingerprint density at radius 1 is 1.35 bits per heavy atom. The number of fused-ring (bicyclic) bond motifs is 1. The maximum Gasteiger partial charge on any atom is 0.134 e. The zero-order valence-corrected chi connectivity index (χ0v) is 10.7. The molecule has 0 bridgehead atoms. The highest BCUT2D eigenvalue weighted by molar-refractivity contribution is 5.82. The van der Waals surface area contributed by atoms with Gasteiger partial charge >= 0.3 is 0 Å². The molecule has 0 saturated heterocycles. The number of rotatable bonds is 4. The molecule has 1 aromatic carbocycles. The first-order valence-electron chi connectivity index (χ1n) is 6.08. The maximum absolute atomic E-state index is 5.57. The molecular weight excluding hydrogens is 210 g/mol. The Morgan fingerprint density at radius 2 is 2.18 bits per heavy atom. The van der Waals surface area contributed by atoms with Crippen molar-refractivity contribution in [2.45, 2.75) is 20.8 Å². The van der Waals surface area contributed by atoms with E-state index in [0.29, 0.717) is 0 Å². The third-order valence-corrected chi connectivity index (χ3v) is 2.90. The van der Waals surface area contributed by atoms with E-state index in [-0.39, 0.29) is 0 Å². The van der Waals surface area contributed by atoms with Crippen LogP contribution in [0.25, 0.3) is 16.5 Å². The molecule has 2 nitrogen and oxygen atoms in total. The quantitative estimate of drug-likeness (QED) is 0.808. The van der Waals surface area contributed by atoms with Crippen molar-refractivity contribution >= 4 is 16.5 Å². The van der Waals surface area contributed by atoms with Crippen molar-refractivity contribution in [2.24, 2.45) is 0 Å². The summed E-state index contributed by atoms with van der Waals surface area (Å²) >= 11 is 0. The van der Waals surface area contributed by atoms with E-state index >= 15 is 0 Å². The normalized spacial score (nSPS) is 12.3. The number of nitrogens with one attached hydrogen (secondary N) is 1. The van der Waals surface area contributed by atoms with Crippen LogP contribution in [0.4, 0.5) is 0 Å². The van der Waals surface area contributed by atoms with Crippen LogP contribution in [0.15, 0.2) is 34.8 Å². The van der Waals surface area contributed by atoms with Crippen LogP contribution in [0.3, 0.4) is 0 Å².